The molecular weight excluding hydrogens is 420 g/mol. The first-order valence-electron chi connectivity index (χ1n) is 8.76. The van der Waals surface area contributed by atoms with E-state index in [1.165, 1.54) is 30.0 Å². The highest BCUT2D eigenvalue weighted by atomic mass is 32.2. The number of carbonyl (C=O) groups excluding carboxylic acids is 1. The second-order valence-corrected chi connectivity index (χ2v) is 7.68. The van der Waals surface area contributed by atoms with Gasteiger partial charge in [0.1, 0.15) is 11.4 Å². The normalized spacial score (nSPS) is 22.7. The molecule has 4 rings (SSSR count). The molecule has 9 nitrogen and oxygen atoms in total. The van der Waals surface area contributed by atoms with Gasteiger partial charge in [0.25, 0.3) is 5.91 Å². The van der Waals surface area contributed by atoms with Crippen LogP contribution >= 0.6 is 11.8 Å². The number of thioether (sulfide) groups is 1. The fraction of sp³-hybridized carbons (Fsp3) is 0.278. The van der Waals surface area contributed by atoms with Gasteiger partial charge >= 0.3 is 6.09 Å². The average molecular weight is 435 g/mol. The van der Waals surface area contributed by atoms with Gasteiger partial charge in [-0.2, -0.15) is 0 Å². The van der Waals surface area contributed by atoms with Crippen molar-refractivity contribution in [3.63, 3.8) is 0 Å². The molecule has 3 heterocycles. The summed E-state index contributed by atoms with van der Waals surface area (Å²) in [5.74, 6) is -1.88. The van der Waals surface area contributed by atoms with E-state index >= 15 is 0 Å². The van der Waals surface area contributed by atoms with Crippen molar-refractivity contribution < 1.29 is 28.2 Å². The standard InChI is InChI=1S/C18H15F2N5O4S/c19-10-4-21-14(22-5-10)15(26)23-11-1-2-13(20)12(3-11)18-8-29-6-9(18)7-30-16(25-18)24-17(27)28/h1-5,9H,6-8H2,(H,23,26)(H,24,25)(H,27,28)/t9-,18-/m0/s1. The molecule has 12 heteroatoms. The summed E-state index contributed by atoms with van der Waals surface area (Å²) in [6.45, 7) is 0.411. The van der Waals surface area contributed by atoms with Crippen LogP contribution in [0.5, 0.6) is 0 Å². The maximum atomic E-state index is 14.8. The van der Waals surface area contributed by atoms with E-state index in [2.05, 4.69) is 25.6 Å². The summed E-state index contributed by atoms with van der Waals surface area (Å²) in [5.41, 5.74) is -0.696. The van der Waals surface area contributed by atoms with E-state index in [0.717, 1.165) is 12.4 Å². The highest BCUT2D eigenvalue weighted by Crippen LogP contribution is 2.46. The molecule has 0 unspecified atom stereocenters. The predicted molar refractivity (Wildman–Crippen MR) is 103 cm³/mol. The van der Waals surface area contributed by atoms with E-state index in [-0.39, 0.29) is 34.8 Å². The minimum Gasteiger partial charge on any atom is -0.465 e. The van der Waals surface area contributed by atoms with Gasteiger partial charge in [-0.25, -0.2) is 28.5 Å². The molecule has 3 N–H and O–H groups in total. The molecule has 156 valence electrons. The van der Waals surface area contributed by atoms with E-state index in [0.29, 0.717) is 12.4 Å². The van der Waals surface area contributed by atoms with Crippen molar-refractivity contribution in [2.75, 3.05) is 24.3 Å². The predicted octanol–water partition coefficient (Wildman–Crippen LogP) is 2.22. The number of amidine groups is 1. The SMILES string of the molecule is O=C(O)NC1=N[C@@]2(c3cc(NC(=O)c4ncc(F)cn4)ccc3F)COC[C@H]2CS1. The summed E-state index contributed by atoms with van der Waals surface area (Å²) >= 11 is 1.22. The van der Waals surface area contributed by atoms with Crippen molar-refractivity contribution in [2.24, 2.45) is 10.9 Å². The molecule has 0 spiro atoms. The van der Waals surface area contributed by atoms with Gasteiger partial charge in [0.05, 0.1) is 25.6 Å². The van der Waals surface area contributed by atoms with Crippen molar-refractivity contribution in [1.29, 1.82) is 0 Å². The van der Waals surface area contributed by atoms with Crippen molar-refractivity contribution in [2.45, 2.75) is 5.54 Å². The van der Waals surface area contributed by atoms with E-state index in [1.54, 1.807) is 0 Å². The second-order valence-electron chi connectivity index (χ2n) is 6.67. The zero-order valence-electron chi connectivity index (χ0n) is 15.3. The summed E-state index contributed by atoms with van der Waals surface area (Å²) in [6, 6.07) is 3.97. The number of aliphatic imine (C=N–C) groups is 1. The summed E-state index contributed by atoms with van der Waals surface area (Å²) in [6.07, 6.45) is 0.459. The summed E-state index contributed by atoms with van der Waals surface area (Å²) in [4.78, 5) is 35.0. The first kappa shape index (κ1) is 20.2. The molecule has 1 saturated heterocycles. The third-order valence-electron chi connectivity index (χ3n) is 4.77. The topological polar surface area (TPSA) is 126 Å². The Morgan fingerprint density at radius 2 is 2.00 bits per heavy atom. The monoisotopic (exact) mass is 435 g/mol. The summed E-state index contributed by atoms with van der Waals surface area (Å²) in [7, 11) is 0. The number of nitrogens with one attached hydrogen (secondary N) is 2. The van der Waals surface area contributed by atoms with E-state index < -0.39 is 29.2 Å². The van der Waals surface area contributed by atoms with Crippen LogP contribution in [0.3, 0.4) is 0 Å². The highest BCUT2D eigenvalue weighted by molar-refractivity contribution is 8.13. The zero-order chi connectivity index (χ0) is 21.3. The minimum atomic E-state index is -1.27. The van der Waals surface area contributed by atoms with Crippen LogP contribution in [-0.4, -0.2) is 51.2 Å². The minimum absolute atomic E-state index is 0.0679. The number of ether oxygens (including phenoxy) is 1. The highest BCUT2D eigenvalue weighted by Gasteiger charge is 2.49. The van der Waals surface area contributed by atoms with Gasteiger partial charge in [-0.3, -0.25) is 10.1 Å². The second kappa shape index (κ2) is 7.95. The number of carboxylic acid groups (broad SMARTS) is 1. The lowest BCUT2D eigenvalue weighted by molar-refractivity contribution is 0.101. The molecule has 0 aliphatic carbocycles. The first-order chi connectivity index (χ1) is 14.4. The molecule has 2 aromatic rings. The lowest BCUT2D eigenvalue weighted by Gasteiger charge is -2.34. The molecule has 30 heavy (non-hydrogen) atoms. The van der Waals surface area contributed by atoms with E-state index in [4.69, 9.17) is 9.84 Å². The maximum Gasteiger partial charge on any atom is 0.410 e. The number of hydrogen-bond acceptors (Lipinski definition) is 7. The van der Waals surface area contributed by atoms with Crippen LogP contribution in [0.25, 0.3) is 0 Å². The van der Waals surface area contributed by atoms with Crippen LogP contribution in [0.15, 0.2) is 35.6 Å². The molecule has 0 saturated carbocycles. The van der Waals surface area contributed by atoms with E-state index in [1.807, 2.05) is 0 Å². The number of nitrogens with zero attached hydrogens (tertiary/aromatic N) is 3. The van der Waals surface area contributed by atoms with Crippen LogP contribution < -0.4 is 10.6 Å². The van der Waals surface area contributed by atoms with Gasteiger partial charge in [0, 0.05) is 22.9 Å². The number of rotatable bonds is 3. The molecular formula is C18H15F2N5O4S. The molecule has 2 amide bonds. The molecule has 2 aliphatic heterocycles. The Morgan fingerprint density at radius 3 is 2.73 bits per heavy atom. The Labute approximate surface area is 173 Å². The largest absolute Gasteiger partial charge is 0.465 e. The van der Waals surface area contributed by atoms with Gasteiger partial charge in [-0.05, 0) is 18.2 Å². The van der Waals surface area contributed by atoms with Crippen molar-refractivity contribution in [3.05, 3.63) is 53.6 Å². The van der Waals surface area contributed by atoms with Gasteiger partial charge in [-0.1, -0.05) is 11.8 Å². The van der Waals surface area contributed by atoms with Crippen molar-refractivity contribution in [3.8, 4) is 0 Å². The molecule has 2 atom stereocenters. The van der Waals surface area contributed by atoms with Crippen molar-refractivity contribution >= 4 is 34.6 Å². The van der Waals surface area contributed by atoms with Crippen LogP contribution in [0.2, 0.25) is 0 Å². The Kier molecular flexibility index (Phi) is 5.35. The maximum absolute atomic E-state index is 14.8. The van der Waals surface area contributed by atoms with Gasteiger partial charge < -0.3 is 15.2 Å². The molecule has 0 bridgehead atoms. The Balaban J connectivity index is 1.67. The van der Waals surface area contributed by atoms with Crippen LogP contribution in [0.4, 0.5) is 19.3 Å². The Bertz CT molecular complexity index is 1040. The fourth-order valence-corrected chi connectivity index (χ4v) is 4.50. The van der Waals surface area contributed by atoms with Gasteiger partial charge in [-0.15, -0.1) is 0 Å². The Hall–Kier alpha value is -3.12. The smallest absolute Gasteiger partial charge is 0.410 e. The lowest BCUT2D eigenvalue weighted by Crippen LogP contribution is -2.42. The Morgan fingerprint density at radius 1 is 1.23 bits per heavy atom. The summed E-state index contributed by atoms with van der Waals surface area (Å²) in [5, 5.41) is 13.9. The number of benzene rings is 1. The number of carbonyl (C=O) groups is 2. The molecule has 1 aromatic carbocycles. The lowest BCUT2D eigenvalue weighted by atomic mass is 9.81. The molecule has 2 aliphatic rings. The van der Waals surface area contributed by atoms with Gasteiger partial charge in [0.2, 0.25) is 5.82 Å². The fourth-order valence-electron chi connectivity index (χ4n) is 3.38. The number of aromatic nitrogens is 2. The number of halogens is 2. The number of anilines is 1. The van der Waals surface area contributed by atoms with E-state index in [9.17, 15) is 18.4 Å². The first-order valence-corrected chi connectivity index (χ1v) is 9.75. The number of fused-ring (bicyclic) bond motifs is 1. The summed E-state index contributed by atoms with van der Waals surface area (Å²) < 4.78 is 33.3. The number of amides is 2. The average Bonchev–Trinajstić information content (AvgIpc) is 3.13. The molecule has 1 fully saturated rings. The molecule has 1 aromatic heterocycles. The number of hydrogen-bond donors (Lipinski definition) is 3. The third kappa shape index (κ3) is 3.83. The van der Waals surface area contributed by atoms with Crippen LogP contribution in [-0.2, 0) is 10.3 Å². The van der Waals surface area contributed by atoms with Crippen molar-refractivity contribution in [1.82, 2.24) is 15.3 Å². The van der Waals surface area contributed by atoms with Gasteiger partial charge in [0.15, 0.2) is 11.0 Å². The zero-order valence-corrected chi connectivity index (χ0v) is 16.1. The van der Waals surface area contributed by atoms with Crippen LogP contribution in [0, 0.1) is 17.6 Å². The molecule has 0 radical (unpaired) electrons. The van der Waals surface area contributed by atoms with Crippen LogP contribution in [0.1, 0.15) is 16.2 Å². The third-order valence-corrected chi connectivity index (χ3v) is 5.80. The quantitative estimate of drug-likeness (QED) is 0.675.